The first-order valence-corrected chi connectivity index (χ1v) is 8.99. The topological polar surface area (TPSA) is 64.0 Å². The Hall–Kier alpha value is -2.44. The summed E-state index contributed by atoms with van der Waals surface area (Å²) in [5, 5.41) is 7.58. The third-order valence-electron chi connectivity index (χ3n) is 3.76. The Labute approximate surface area is 163 Å². The number of carbonyl (C=O) groups is 1. The molecule has 26 heavy (non-hydrogen) atoms. The predicted molar refractivity (Wildman–Crippen MR) is 106 cm³/mol. The SMILES string of the molecule is Cc1ccc(NC(=O)Cn2nc(-c3ccc(Br)cc3)ccc2=O)cc1Cl. The zero-order valence-electron chi connectivity index (χ0n) is 13.9. The number of hydrogen-bond acceptors (Lipinski definition) is 3. The van der Waals surface area contributed by atoms with Crippen LogP contribution in [0, 0.1) is 6.92 Å². The number of aryl methyl sites for hydroxylation is 1. The fourth-order valence-electron chi connectivity index (χ4n) is 2.34. The molecule has 0 aliphatic rings. The van der Waals surface area contributed by atoms with Crippen LogP contribution in [0.5, 0.6) is 0 Å². The molecule has 0 saturated heterocycles. The summed E-state index contributed by atoms with van der Waals surface area (Å²) in [5.74, 6) is -0.354. The standard InChI is InChI=1S/C19H15BrClN3O2/c1-12-2-7-15(10-16(12)21)22-18(25)11-24-19(26)9-8-17(23-24)13-3-5-14(20)6-4-13/h2-10H,11H2,1H3,(H,22,25). The van der Waals surface area contributed by atoms with Gasteiger partial charge < -0.3 is 5.32 Å². The highest BCUT2D eigenvalue weighted by Gasteiger charge is 2.09. The Morgan fingerprint density at radius 1 is 1.15 bits per heavy atom. The third-order valence-corrected chi connectivity index (χ3v) is 4.69. The lowest BCUT2D eigenvalue weighted by Gasteiger charge is -2.09. The molecule has 1 aromatic heterocycles. The fourth-order valence-corrected chi connectivity index (χ4v) is 2.79. The summed E-state index contributed by atoms with van der Waals surface area (Å²) >= 11 is 9.44. The Bertz CT molecular complexity index is 1020. The van der Waals surface area contributed by atoms with Crippen molar-refractivity contribution in [1.29, 1.82) is 0 Å². The van der Waals surface area contributed by atoms with E-state index in [2.05, 4.69) is 26.3 Å². The number of benzene rings is 2. The Kier molecular flexibility index (Phi) is 5.54. The maximum Gasteiger partial charge on any atom is 0.267 e. The van der Waals surface area contributed by atoms with Gasteiger partial charge in [-0.15, -0.1) is 0 Å². The van der Waals surface area contributed by atoms with Gasteiger partial charge in [-0.3, -0.25) is 9.59 Å². The number of aromatic nitrogens is 2. The molecule has 1 amide bonds. The molecule has 5 nitrogen and oxygen atoms in total. The van der Waals surface area contributed by atoms with E-state index in [0.717, 1.165) is 20.3 Å². The maximum atomic E-state index is 12.3. The van der Waals surface area contributed by atoms with Crippen molar-refractivity contribution in [3.8, 4) is 11.3 Å². The summed E-state index contributed by atoms with van der Waals surface area (Å²) in [6.07, 6.45) is 0. The second kappa shape index (κ2) is 7.85. The normalized spacial score (nSPS) is 10.6. The van der Waals surface area contributed by atoms with Crippen LogP contribution in [0.4, 0.5) is 5.69 Å². The summed E-state index contributed by atoms with van der Waals surface area (Å²) in [7, 11) is 0. The minimum absolute atomic E-state index is 0.186. The highest BCUT2D eigenvalue weighted by molar-refractivity contribution is 9.10. The van der Waals surface area contributed by atoms with Gasteiger partial charge in [0.15, 0.2) is 0 Å². The van der Waals surface area contributed by atoms with Crippen molar-refractivity contribution in [2.75, 3.05) is 5.32 Å². The largest absolute Gasteiger partial charge is 0.324 e. The second-order valence-corrected chi connectivity index (χ2v) is 7.06. The van der Waals surface area contributed by atoms with Crippen molar-refractivity contribution in [1.82, 2.24) is 9.78 Å². The molecule has 3 rings (SSSR count). The Morgan fingerprint density at radius 3 is 2.58 bits per heavy atom. The molecule has 0 aliphatic carbocycles. The molecule has 3 aromatic rings. The van der Waals surface area contributed by atoms with Gasteiger partial charge in [0, 0.05) is 26.8 Å². The highest BCUT2D eigenvalue weighted by Crippen LogP contribution is 2.20. The van der Waals surface area contributed by atoms with E-state index in [1.807, 2.05) is 37.3 Å². The molecule has 0 saturated carbocycles. The van der Waals surface area contributed by atoms with Crippen molar-refractivity contribution in [3.05, 3.63) is 80.0 Å². The minimum atomic E-state index is -0.354. The number of hydrogen-bond donors (Lipinski definition) is 1. The number of anilines is 1. The molecular formula is C19H15BrClN3O2. The average molecular weight is 433 g/mol. The van der Waals surface area contributed by atoms with E-state index in [1.54, 1.807) is 18.2 Å². The molecule has 0 unspecified atom stereocenters. The molecule has 1 heterocycles. The first kappa shape index (κ1) is 18.4. The summed E-state index contributed by atoms with van der Waals surface area (Å²) in [6, 6.07) is 15.8. The van der Waals surface area contributed by atoms with Gasteiger partial charge in [0.1, 0.15) is 6.54 Å². The number of amides is 1. The van der Waals surface area contributed by atoms with Crippen LogP contribution in [-0.4, -0.2) is 15.7 Å². The summed E-state index contributed by atoms with van der Waals surface area (Å²) in [4.78, 5) is 24.3. The lowest BCUT2D eigenvalue weighted by Crippen LogP contribution is -2.29. The molecule has 0 radical (unpaired) electrons. The molecule has 0 bridgehead atoms. The van der Waals surface area contributed by atoms with Crippen molar-refractivity contribution in [2.45, 2.75) is 13.5 Å². The number of nitrogens with one attached hydrogen (secondary N) is 1. The van der Waals surface area contributed by atoms with E-state index in [9.17, 15) is 9.59 Å². The smallest absolute Gasteiger partial charge is 0.267 e. The second-order valence-electron chi connectivity index (χ2n) is 5.73. The average Bonchev–Trinajstić information content (AvgIpc) is 2.61. The van der Waals surface area contributed by atoms with Crippen molar-refractivity contribution < 1.29 is 4.79 Å². The van der Waals surface area contributed by atoms with Crippen molar-refractivity contribution >= 4 is 39.1 Å². The number of carbonyl (C=O) groups excluding carboxylic acids is 1. The highest BCUT2D eigenvalue weighted by atomic mass is 79.9. The lowest BCUT2D eigenvalue weighted by molar-refractivity contribution is -0.117. The molecule has 2 aromatic carbocycles. The van der Waals surface area contributed by atoms with Crippen LogP contribution < -0.4 is 10.9 Å². The molecule has 0 atom stereocenters. The summed E-state index contributed by atoms with van der Waals surface area (Å²) in [5.41, 5.74) is 2.62. The monoisotopic (exact) mass is 431 g/mol. The molecule has 0 spiro atoms. The van der Waals surface area contributed by atoms with Crippen LogP contribution >= 0.6 is 27.5 Å². The zero-order chi connectivity index (χ0) is 18.7. The summed E-state index contributed by atoms with van der Waals surface area (Å²) < 4.78 is 2.09. The van der Waals surface area contributed by atoms with E-state index in [-0.39, 0.29) is 18.0 Å². The van der Waals surface area contributed by atoms with E-state index >= 15 is 0 Å². The van der Waals surface area contributed by atoms with Crippen LogP contribution in [0.3, 0.4) is 0 Å². The number of rotatable bonds is 4. The molecule has 1 N–H and O–H groups in total. The van der Waals surface area contributed by atoms with Gasteiger partial charge in [0.2, 0.25) is 5.91 Å². The number of nitrogens with zero attached hydrogens (tertiary/aromatic N) is 2. The lowest BCUT2D eigenvalue weighted by atomic mass is 10.1. The summed E-state index contributed by atoms with van der Waals surface area (Å²) in [6.45, 7) is 1.69. The first-order chi connectivity index (χ1) is 12.4. The van der Waals surface area contributed by atoms with Gasteiger partial charge in [0.25, 0.3) is 5.56 Å². The van der Waals surface area contributed by atoms with Gasteiger partial charge in [-0.05, 0) is 42.8 Å². The minimum Gasteiger partial charge on any atom is -0.324 e. The Balaban J connectivity index is 1.79. The van der Waals surface area contributed by atoms with Crippen LogP contribution in [0.15, 0.2) is 63.9 Å². The van der Waals surface area contributed by atoms with Gasteiger partial charge in [-0.2, -0.15) is 5.10 Å². The molecule has 0 fully saturated rings. The van der Waals surface area contributed by atoms with Gasteiger partial charge >= 0.3 is 0 Å². The molecule has 132 valence electrons. The third kappa shape index (κ3) is 4.39. The van der Waals surface area contributed by atoms with E-state index < -0.39 is 0 Å². The van der Waals surface area contributed by atoms with E-state index in [0.29, 0.717) is 16.4 Å². The van der Waals surface area contributed by atoms with E-state index in [1.165, 1.54) is 6.07 Å². The van der Waals surface area contributed by atoms with Gasteiger partial charge in [-0.1, -0.05) is 45.7 Å². The molecule has 7 heteroatoms. The maximum absolute atomic E-state index is 12.3. The van der Waals surface area contributed by atoms with Crippen LogP contribution in [0.1, 0.15) is 5.56 Å². The van der Waals surface area contributed by atoms with Crippen LogP contribution in [0.2, 0.25) is 5.02 Å². The predicted octanol–water partition coefficient (Wildman–Crippen LogP) is 4.27. The van der Waals surface area contributed by atoms with Crippen molar-refractivity contribution in [3.63, 3.8) is 0 Å². The Morgan fingerprint density at radius 2 is 1.88 bits per heavy atom. The van der Waals surface area contributed by atoms with Crippen LogP contribution in [0.25, 0.3) is 11.3 Å². The van der Waals surface area contributed by atoms with Crippen molar-refractivity contribution in [2.24, 2.45) is 0 Å². The zero-order valence-corrected chi connectivity index (χ0v) is 16.2. The van der Waals surface area contributed by atoms with E-state index in [4.69, 9.17) is 11.6 Å². The fraction of sp³-hybridized carbons (Fsp3) is 0.105. The number of halogens is 2. The van der Waals surface area contributed by atoms with Gasteiger partial charge in [-0.25, -0.2) is 4.68 Å². The quantitative estimate of drug-likeness (QED) is 0.669. The van der Waals surface area contributed by atoms with Crippen LogP contribution in [-0.2, 0) is 11.3 Å². The first-order valence-electron chi connectivity index (χ1n) is 7.82. The molecule has 0 aliphatic heterocycles. The molecular weight excluding hydrogens is 418 g/mol. The van der Waals surface area contributed by atoms with Gasteiger partial charge in [0.05, 0.1) is 5.69 Å².